The van der Waals surface area contributed by atoms with E-state index in [1.165, 1.54) is 24.1 Å². The highest BCUT2D eigenvalue weighted by molar-refractivity contribution is 6.37. The van der Waals surface area contributed by atoms with E-state index in [1.54, 1.807) is 0 Å². The number of carbonyl (C=O) groups is 2. The van der Waals surface area contributed by atoms with Crippen molar-refractivity contribution in [3.05, 3.63) is 27.7 Å². The maximum Gasteiger partial charge on any atom is 0.326 e. The SMILES string of the molecule is COc1c(Cl)ccc(Cl)c1C(=O)N1CCCC1C(=O)O. The molecular weight excluding hydrogens is 305 g/mol. The Kier molecular flexibility index (Phi) is 4.40. The lowest BCUT2D eigenvalue weighted by Crippen LogP contribution is -2.40. The predicted octanol–water partition coefficient (Wildman–Crippen LogP) is 2.69. The molecule has 20 heavy (non-hydrogen) atoms. The molecule has 1 aliphatic heterocycles. The Balaban J connectivity index is 2.43. The standard InChI is InChI=1S/C13H13Cl2NO4/c1-20-11-8(15)5-4-7(14)10(11)12(17)16-6-2-3-9(16)13(18)19/h4-5,9H,2-3,6H2,1H3,(H,18,19). The van der Waals surface area contributed by atoms with Gasteiger partial charge in [-0.2, -0.15) is 0 Å². The number of carboxylic acid groups (broad SMARTS) is 1. The lowest BCUT2D eigenvalue weighted by molar-refractivity contribution is -0.141. The Morgan fingerprint density at radius 1 is 1.35 bits per heavy atom. The van der Waals surface area contributed by atoms with Gasteiger partial charge in [-0.3, -0.25) is 4.79 Å². The lowest BCUT2D eigenvalue weighted by Gasteiger charge is -2.23. The van der Waals surface area contributed by atoms with Crippen LogP contribution in [0.3, 0.4) is 0 Å². The van der Waals surface area contributed by atoms with Crippen LogP contribution in [0.2, 0.25) is 10.0 Å². The summed E-state index contributed by atoms with van der Waals surface area (Å²) in [6, 6.07) is 2.19. The molecule has 5 nitrogen and oxygen atoms in total. The van der Waals surface area contributed by atoms with Gasteiger partial charge in [0.25, 0.3) is 5.91 Å². The number of amides is 1. The van der Waals surface area contributed by atoms with Crippen LogP contribution in [0.25, 0.3) is 0 Å². The largest absolute Gasteiger partial charge is 0.494 e. The highest BCUT2D eigenvalue weighted by Crippen LogP contribution is 2.36. The smallest absolute Gasteiger partial charge is 0.326 e. The van der Waals surface area contributed by atoms with Gasteiger partial charge in [0.05, 0.1) is 17.2 Å². The first-order valence-electron chi connectivity index (χ1n) is 6.03. The number of benzene rings is 1. The summed E-state index contributed by atoms with van der Waals surface area (Å²) >= 11 is 12.0. The van der Waals surface area contributed by atoms with Gasteiger partial charge in [0.15, 0.2) is 5.75 Å². The molecule has 0 aromatic heterocycles. The minimum atomic E-state index is -1.02. The first-order valence-corrected chi connectivity index (χ1v) is 6.78. The van der Waals surface area contributed by atoms with Crippen molar-refractivity contribution >= 4 is 35.1 Å². The summed E-state index contributed by atoms with van der Waals surface area (Å²) in [4.78, 5) is 25.0. The molecule has 1 saturated heterocycles. The molecule has 7 heteroatoms. The van der Waals surface area contributed by atoms with E-state index in [0.717, 1.165) is 0 Å². The summed E-state index contributed by atoms with van der Waals surface area (Å²) < 4.78 is 5.12. The van der Waals surface area contributed by atoms with E-state index in [1.807, 2.05) is 0 Å². The Morgan fingerprint density at radius 2 is 2.00 bits per heavy atom. The second kappa shape index (κ2) is 5.89. The second-order valence-electron chi connectivity index (χ2n) is 4.43. The van der Waals surface area contributed by atoms with Gasteiger partial charge in [-0.25, -0.2) is 4.79 Å². The van der Waals surface area contributed by atoms with Crippen LogP contribution >= 0.6 is 23.2 Å². The van der Waals surface area contributed by atoms with Crippen molar-refractivity contribution in [1.29, 1.82) is 0 Å². The molecule has 1 N–H and O–H groups in total. The Hall–Kier alpha value is -1.46. The van der Waals surface area contributed by atoms with E-state index in [2.05, 4.69) is 0 Å². The van der Waals surface area contributed by atoms with Crippen LogP contribution < -0.4 is 4.74 Å². The quantitative estimate of drug-likeness (QED) is 0.930. The summed E-state index contributed by atoms with van der Waals surface area (Å²) in [6.07, 6.45) is 1.07. The van der Waals surface area contributed by atoms with Gasteiger partial charge in [-0.05, 0) is 25.0 Å². The summed E-state index contributed by atoms with van der Waals surface area (Å²) in [7, 11) is 1.38. The molecule has 1 aliphatic rings. The maximum atomic E-state index is 12.6. The summed E-state index contributed by atoms with van der Waals surface area (Å²) in [5, 5.41) is 9.59. The van der Waals surface area contributed by atoms with Crippen LogP contribution in [0.15, 0.2) is 12.1 Å². The van der Waals surface area contributed by atoms with E-state index in [4.69, 9.17) is 33.0 Å². The number of hydrogen-bond acceptors (Lipinski definition) is 3. The highest BCUT2D eigenvalue weighted by atomic mass is 35.5. The van der Waals surface area contributed by atoms with Gasteiger partial charge in [-0.15, -0.1) is 0 Å². The molecule has 0 spiro atoms. The first-order chi connectivity index (χ1) is 9.47. The van der Waals surface area contributed by atoms with Crippen molar-refractivity contribution in [1.82, 2.24) is 4.90 Å². The van der Waals surface area contributed by atoms with Crippen LogP contribution in [0.5, 0.6) is 5.75 Å². The lowest BCUT2D eigenvalue weighted by atomic mass is 10.1. The third-order valence-corrected chi connectivity index (χ3v) is 3.89. The Labute approximate surface area is 126 Å². The first kappa shape index (κ1) is 14.9. The van der Waals surface area contributed by atoms with Crippen LogP contribution in [0.4, 0.5) is 0 Å². The average molecular weight is 318 g/mol. The Morgan fingerprint density at radius 3 is 2.60 bits per heavy atom. The third-order valence-electron chi connectivity index (χ3n) is 3.28. The molecular formula is C13H13Cl2NO4. The zero-order valence-corrected chi connectivity index (χ0v) is 12.2. The molecule has 1 aromatic rings. The van der Waals surface area contributed by atoms with E-state index >= 15 is 0 Å². The van der Waals surface area contributed by atoms with Crippen LogP contribution in [0.1, 0.15) is 23.2 Å². The van der Waals surface area contributed by atoms with Crippen LogP contribution in [-0.4, -0.2) is 41.6 Å². The van der Waals surface area contributed by atoms with Crippen molar-refractivity contribution in [3.8, 4) is 5.75 Å². The van der Waals surface area contributed by atoms with Crippen molar-refractivity contribution in [3.63, 3.8) is 0 Å². The fourth-order valence-corrected chi connectivity index (χ4v) is 2.81. The van der Waals surface area contributed by atoms with Gasteiger partial charge in [0.2, 0.25) is 0 Å². The minimum Gasteiger partial charge on any atom is -0.494 e. The molecule has 1 heterocycles. The monoisotopic (exact) mass is 317 g/mol. The topological polar surface area (TPSA) is 66.8 Å². The number of rotatable bonds is 3. The van der Waals surface area contributed by atoms with Crippen molar-refractivity contribution in [2.24, 2.45) is 0 Å². The number of aliphatic carboxylic acids is 1. The maximum absolute atomic E-state index is 12.6. The molecule has 1 amide bonds. The van der Waals surface area contributed by atoms with Gasteiger partial charge in [-0.1, -0.05) is 23.2 Å². The molecule has 1 atom stereocenters. The summed E-state index contributed by atoms with van der Waals surface area (Å²) in [6.45, 7) is 0.377. The van der Waals surface area contributed by atoms with Crippen LogP contribution in [-0.2, 0) is 4.79 Å². The molecule has 0 radical (unpaired) electrons. The number of carbonyl (C=O) groups excluding carboxylic acids is 1. The highest BCUT2D eigenvalue weighted by Gasteiger charge is 2.36. The van der Waals surface area contributed by atoms with Gasteiger partial charge >= 0.3 is 5.97 Å². The van der Waals surface area contributed by atoms with Crippen molar-refractivity contribution in [2.75, 3.05) is 13.7 Å². The zero-order valence-electron chi connectivity index (χ0n) is 10.7. The number of hydrogen-bond donors (Lipinski definition) is 1. The summed E-state index contributed by atoms with van der Waals surface area (Å²) in [5.74, 6) is -1.33. The minimum absolute atomic E-state index is 0.106. The number of halogens is 2. The van der Waals surface area contributed by atoms with Gasteiger partial charge < -0.3 is 14.7 Å². The number of methoxy groups -OCH3 is 1. The third kappa shape index (κ3) is 2.55. The number of carboxylic acids is 1. The molecule has 1 aromatic carbocycles. The summed E-state index contributed by atoms with van der Waals surface area (Å²) in [5.41, 5.74) is 0.106. The number of nitrogens with zero attached hydrogens (tertiary/aromatic N) is 1. The Bertz CT molecular complexity index is 562. The average Bonchev–Trinajstić information content (AvgIpc) is 2.89. The second-order valence-corrected chi connectivity index (χ2v) is 5.25. The molecule has 0 saturated carbocycles. The zero-order chi connectivity index (χ0) is 14.9. The van der Waals surface area contributed by atoms with Gasteiger partial charge in [0.1, 0.15) is 11.6 Å². The van der Waals surface area contributed by atoms with E-state index in [9.17, 15) is 9.59 Å². The van der Waals surface area contributed by atoms with Crippen LogP contribution in [0, 0.1) is 0 Å². The van der Waals surface area contributed by atoms with Crippen molar-refractivity contribution < 1.29 is 19.4 Å². The fourth-order valence-electron chi connectivity index (χ4n) is 2.34. The number of likely N-dealkylation sites (tertiary alicyclic amines) is 1. The van der Waals surface area contributed by atoms with Gasteiger partial charge in [0, 0.05) is 6.54 Å². The fraction of sp³-hybridized carbons (Fsp3) is 0.385. The molecule has 1 fully saturated rings. The molecule has 0 aliphatic carbocycles. The normalized spacial score (nSPS) is 18.1. The van der Waals surface area contributed by atoms with Crippen molar-refractivity contribution in [2.45, 2.75) is 18.9 Å². The molecule has 0 bridgehead atoms. The van der Waals surface area contributed by atoms with E-state index in [-0.39, 0.29) is 21.4 Å². The molecule has 1 unspecified atom stereocenters. The van der Waals surface area contributed by atoms with E-state index in [0.29, 0.717) is 19.4 Å². The molecule has 2 rings (SSSR count). The molecule has 108 valence electrons. The van der Waals surface area contributed by atoms with E-state index < -0.39 is 17.9 Å². The number of ether oxygens (including phenoxy) is 1. The predicted molar refractivity (Wildman–Crippen MR) is 74.7 cm³/mol.